The van der Waals surface area contributed by atoms with Crippen LogP contribution >= 0.6 is 0 Å². The molecule has 0 aliphatic rings. The summed E-state index contributed by atoms with van der Waals surface area (Å²) in [5.74, 6) is -0.388. The van der Waals surface area contributed by atoms with Crippen molar-refractivity contribution in [3.8, 4) is 33.9 Å². The van der Waals surface area contributed by atoms with Gasteiger partial charge in [0.05, 0.1) is 17.7 Å². The van der Waals surface area contributed by atoms with E-state index in [-0.39, 0.29) is 40.7 Å². The lowest BCUT2D eigenvalue weighted by molar-refractivity contribution is -0.143. The minimum Gasteiger partial charge on any atom is -0.508 e. The van der Waals surface area contributed by atoms with E-state index in [1.54, 1.807) is 6.07 Å². The van der Waals surface area contributed by atoms with Gasteiger partial charge in [0, 0.05) is 25.6 Å². The fourth-order valence-corrected chi connectivity index (χ4v) is 4.78. The second-order valence-electron chi connectivity index (χ2n) is 10.6. The summed E-state index contributed by atoms with van der Waals surface area (Å²) in [5, 5.41) is 27.9. The first-order valence-electron chi connectivity index (χ1n) is 14.4. The molecule has 0 aliphatic carbocycles. The van der Waals surface area contributed by atoms with Crippen LogP contribution in [-0.2, 0) is 16.1 Å². The van der Waals surface area contributed by atoms with Gasteiger partial charge in [0.1, 0.15) is 11.5 Å². The molecule has 0 spiro atoms. The number of benzene rings is 2. The van der Waals surface area contributed by atoms with Crippen LogP contribution in [0.3, 0.4) is 0 Å². The Morgan fingerprint density at radius 1 is 1.02 bits per heavy atom. The highest BCUT2D eigenvalue weighted by atomic mass is 16.5. The van der Waals surface area contributed by atoms with Crippen molar-refractivity contribution in [3.63, 3.8) is 0 Å². The van der Waals surface area contributed by atoms with Gasteiger partial charge >= 0.3 is 5.97 Å². The molecule has 0 radical (unpaired) electrons. The van der Waals surface area contributed by atoms with Crippen molar-refractivity contribution in [3.05, 3.63) is 53.2 Å². The first-order chi connectivity index (χ1) is 19.7. The molecule has 0 bridgehead atoms. The van der Waals surface area contributed by atoms with Crippen molar-refractivity contribution in [1.82, 2.24) is 15.4 Å². The van der Waals surface area contributed by atoms with Crippen molar-refractivity contribution < 1.29 is 29.1 Å². The zero-order valence-corrected chi connectivity index (χ0v) is 24.8. The Labute approximate surface area is 242 Å². The van der Waals surface area contributed by atoms with Crippen LogP contribution in [0.2, 0.25) is 0 Å². The first kappa shape index (κ1) is 31.7. The summed E-state index contributed by atoms with van der Waals surface area (Å²) in [6.07, 6.45) is 4.45. The summed E-state index contributed by atoms with van der Waals surface area (Å²) in [5.41, 5.74) is 3.47. The number of aromatic hydroxyl groups is 2. The molecule has 0 unspecified atom stereocenters. The Balaban J connectivity index is 1.75. The maximum absolute atomic E-state index is 12.9. The highest BCUT2D eigenvalue weighted by Crippen LogP contribution is 2.43. The lowest BCUT2D eigenvalue weighted by Crippen LogP contribution is -2.23. The predicted octanol–water partition coefficient (Wildman–Crippen LogP) is 6.24. The minimum atomic E-state index is -0.370. The molecule has 2 aromatic carbocycles. The van der Waals surface area contributed by atoms with E-state index in [0.717, 1.165) is 49.9 Å². The Bertz CT molecular complexity index is 1300. The molecule has 0 atom stereocenters. The summed E-state index contributed by atoms with van der Waals surface area (Å²) >= 11 is 0. The second kappa shape index (κ2) is 15.2. The first-order valence-corrected chi connectivity index (χ1v) is 14.4. The quantitative estimate of drug-likeness (QED) is 0.146. The van der Waals surface area contributed by atoms with Crippen LogP contribution in [0.5, 0.6) is 11.5 Å². The number of ether oxygens (including phenoxy) is 1. The zero-order chi connectivity index (χ0) is 29.9. The molecule has 3 N–H and O–H groups in total. The molecule has 3 rings (SSSR count). The third-order valence-electron chi connectivity index (χ3n) is 6.93. The molecule has 9 heteroatoms. The number of nitrogens with one attached hydrogen (secondary N) is 1. The maximum atomic E-state index is 12.9. The van der Waals surface area contributed by atoms with Gasteiger partial charge in [0.2, 0.25) is 0 Å². The molecule has 3 aromatic rings. The van der Waals surface area contributed by atoms with Crippen LogP contribution in [0.15, 0.2) is 40.9 Å². The van der Waals surface area contributed by atoms with Crippen molar-refractivity contribution in [2.75, 3.05) is 26.7 Å². The molecular formula is C32H43N3O6. The van der Waals surface area contributed by atoms with Gasteiger partial charge in [-0.15, -0.1) is 0 Å². The largest absolute Gasteiger partial charge is 0.508 e. The molecule has 0 saturated carbocycles. The van der Waals surface area contributed by atoms with E-state index in [1.807, 2.05) is 52.0 Å². The molecule has 0 aliphatic heterocycles. The maximum Gasteiger partial charge on any atom is 0.305 e. The monoisotopic (exact) mass is 565 g/mol. The van der Waals surface area contributed by atoms with Crippen molar-refractivity contribution in [2.24, 2.45) is 0 Å². The van der Waals surface area contributed by atoms with Crippen molar-refractivity contribution in [1.29, 1.82) is 0 Å². The SMILES string of the molecule is CCNC(=O)c1noc(-c2cc(C(C)C)c(O)cc2O)c1-c1ccc(CN(C)CCCCCCC(=O)OCC)cc1. The van der Waals surface area contributed by atoms with Gasteiger partial charge < -0.3 is 29.7 Å². The topological polar surface area (TPSA) is 125 Å². The van der Waals surface area contributed by atoms with E-state index >= 15 is 0 Å². The van der Waals surface area contributed by atoms with Crippen molar-refractivity contribution >= 4 is 11.9 Å². The van der Waals surface area contributed by atoms with Gasteiger partial charge in [0.25, 0.3) is 5.91 Å². The van der Waals surface area contributed by atoms with Gasteiger partial charge in [0.15, 0.2) is 11.5 Å². The second-order valence-corrected chi connectivity index (χ2v) is 10.6. The van der Waals surface area contributed by atoms with Crippen LogP contribution in [0.4, 0.5) is 0 Å². The molecule has 1 aromatic heterocycles. The summed E-state index contributed by atoms with van der Waals surface area (Å²) in [4.78, 5) is 26.6. The summed E-state index contributed by atoms with van der Waals surface area (Å²) in [6.45, 7) is 10.1. The average Bonchev–Trinajstić information content (AvgIpc) is 3.36. The normalized spacial score (nSPS) is 11.3. The number of rotatable bonds is 15. The number of hydrogen-bond acceptors (Lipinski definition) is 8. The van der Waals surface area contributed by atoms with Crippen LogP contribution in [0.1, 0.15) is 87.3 Å². The molecule has 222 valence electrons. The number of aromatic nitrogens is 1. The number of carbonyl (C=O) groups is 2. The number of nitrogens with zero attached hydrogens (tertiary/aromatic N) is 2. The highest BCUT2D eigenvalue weighted by molar-refractivity contribution is 6.02. The smallest absolute Gasteiger partial charge is 0.305 e. The fraction of sp³-hybridized carbons (Fsp3) is 0.469. The predicted molar refractivity (Wildman–Crippen MR) is 159 cm³/mol. The van der Waals surface area contributed by atoms with E-state index in [1.165, 1.54) is 6.07 Å². The fourth-order valence-electron chi connectivity index (χ4n) is 4.78. The van der Waals surface area contributed by atoms with Crippen LogP contribution in [0.25, 0.3) is 22.5 Å². The lowest BCUT2D eigenvalue weighted by atomic mass is 9.94. The molecule has 0 saturated heterocycles. The van der Waals surface area contributed by atoms with Crippen LogP contribution in [-0.4, -0.2) is 58.9 Å². The molecule has 41 heavy (non-hydrogen) atoms. The number of esters is 1. The van der Waals surface area contributed by atoms with E-state index in [9.17, 15) is 19.8 Å². The molecule has 0 fully saturated rings. The van der Waals surface area contributed by atoms with E-state index < -0.39 is 0 Å². The van der Waals surface area contributed by atoms with E-state index in [0.29, 0.717) is 36.3 Å². The van der Waals surface area contributed by atoms with Gasteiger partial charge in [-0.25, -0.2) is 0 Å². The molecule has 1 heterocycles. The Morgan fingerprint density at radius 2 is 1.73 bits per heavy atom. The third kappa shape index (κ3) is 8.57. The summed E-state index contributed by atoms with van der Waals surface area (Å²) in [7, 11) is 2.08. The van der Waals surface area contributed by atoms with Crippen molar-refractivity contribution in [2.45, 2.75) is 72.3 Å². The van der Waals surface area contributed by atoms with E-state index in [4.69, 9.17) is 9.26 Å². The van der Waals surface area contributed by atoms with Gasteiger partial charge in [-0.05, 0) is 69.0 Å². The number of carbonyl (C=O) groups excluding carboxylic acids is 2. The average molecular weight is 566 g/mol. The number of unbranched alkanes of at least 4 members (excludes halogenated alkanes) is 3. The molecule has 9 nitrogen and oxygen atoms in total. The molecule has 1 amide bonds. The zero-order valence-electron chi connectivity index (χ0n) is 24.8. The standard InChI is InChI=1S/C32H43N3O6/c1-6-33-32(39)30-29(31(41-34-30)25-18-24(21(3)4)26(36)19-27(25)37)23-15-13-22(14-16-23)20-35(5)17-11-9-8-10-12-28(38)40-7-2/h13-16,18-19,21,36-37H,6-12,17,20H2,1-5H3,(H,33,39). The Morgan fingerprint density at radius 3 is 2.39 bits per heavy atom. The highest BCUT2D eigenvalue weighted by Gasteiger charge is 2.27. The number of amides is 1. The summed E-state index contributed by atoms with van der Waals surface area (Å²) < 4.78 is 10.6. The van der Waals surface area contributed by atoms with E-state index in [2.05, 4.69) is 22.4 Å². The van der Waals surface area contributed by atoms with Gasteiger partial charge in [-0.1, -0.05) is 56.1 Å². The van der Waals surface area contributed by atoms with Gasteiger partial charge in [-0.3, -0.25) is 9.59 Å². The molecular weight excluding hydrogens is 522 g/mol. The Kier molecular flexibility index (Phi) is 11.8. The number of phenols is 2. The third-order valence-corrected chi connectivity index (χ3v) is 6.93. The van der Waals surface area contributed by atoms with Crippen LogP contribution < -0.4 is 5.32 Å². The number of phenolic OH excluding ortho intramolecular Hbond substituents is 2. The van der Waals surface area contributed by atoms with Gasteiger partial charge in [-0.2, -0.15) is 0 Å². The minimum absolute atomic E-state index is 0.00332. The Hall–Kier alpha value is -3.85. The van der Waals surface area contributed by atoms with Crippen LogP contribution in [0, 0.1) is 0 Å². The summed E-state index contributed by atoms with van der Waals surface area (Å²) in [6, 6.07) is 10.9. The number of hydrogen-bond donors (Lipinski definition) is 3. The lowest BCUT2D eigenvalue weighted by Gasteiger charge is -2.17.